The van der Waals surface area contributed by atoms with Gasteiger partial charge in [0, 0.05) is 37.6 Å². The van der Waals surface area contributed by atoms with Gasteiger partial charge < -0.3 is 24.3 Å². The molecular formula is C18H26N4O3. The van der Waals surface area contributed by atoms with E-state index in [4.69, 9.17) is 18.7 Å². The van der Waals surface area contributed by atoms with Crippen molar-refractivity contribution in [1.82, 2.24) is 15.8 Å². The highest BCUT2D eigenvalue weighted by molar-refractivity contribution is 5.79. The molecule has 136 valence electrons. The predicted molar refractivity (Wildman–Crippen MR) is 94.5 cm³/mol. The van der Waals surface area contributed by atoms with Gasteiger partial charge in [-0.2, -0.15) is 0 Å². The highest BCUT2D eigenvalue weighted by atomic mass is 16.5. The number of nitrogens with one attached hydrogen (secondary N) is 2. The number of guanidine groups is 1. The lowest BCUT2D eigenvalue weighted by atomic mass is 10.1. The molecule has 1 unspecified atom stereocenters. The number of nitrogens with zero attached hydrogens (tertiary/aromatic N) is 2. The van der Waals surface area contributed by atoms with E-state index in [0.717, 1.165) is 67.9 Å². The van der Waals surface area contributed by atoms with Crippen LogP contribution in [0.3, 0.4) is 0 Å². The molecule has 2 aromatic heterocycles. The highest BCUT2D eigenvalue weighted by Crippen LogP contribution is 2.13. The molecule has 0 amide bonds. The monoisotopic (exact) mass is 346 g/mol. The predicted octanol–water partition coefficient (Wildman–Crippen LogP) is 2.20. The van der Waals surface area contributed by atoms with Gasteiger partial charge in [0.1, 0.15) is 11.5 Å². The average Bonchev–Trinajstić information content (AvgIpc) is 3.35. The van der Waals surface area contributed by atoms with E-state index in [0.29, 0.717) is 12.5 Å². The Balaban J connectivity index is 1.56. The second-order valence-electron chi connectivity index (χ2n) is 6.33. The van der Waals surface area contributed by atoms with Crippen molar-refractivity contribution in [2.75, 3.05) is 26.3 Å². The average molecular weight is 346 g/mol. The first-order valence-electron chi connectivity index (χ1n) is 8.76. The lowest BCUT2D eigenvalue weighted by Crippen LogP contribution is -2.41. The van der Waals surface area contributed by atoms with Crippen molar-refractivity contribution in [2.24, 2.45) is 10.9 Å². The van der Waals surface area contributed by atoms with Crippen LogP contribution in [-0.2, 0) is 17.7 Å². The van der Waals surface area contributed by atoms with Gasteiger partial charge in [0.2, 0.25) is 0 Å². The van der Waals surface area contributed by atoms with Crippen LogP contribution in [0.25, 0.3) is 0 Å². The van der Waals surface area contributed by atoms with Crippen molar-refractivity contribution in [3.05, 3.63) is 41.2 Å². The third kappa shape index (κ3) is 5.09. The zero-order chi connectivity index (χ0) is 17.5. The Morgan fingerprint density at radius 1 is 1.36 bits per heavy atom. The Morgan fingerprint density at radius 2 is 2.28 bits per heavy atom. The fraction of sp³-hybridized carbons (Fsp3) is 0.556. The van der Waals surface area contributed by atoms with E-state index < -0.39 is 0 Å². The zero-order valence-corrected chi connectivity index (χ0v) is 14.9. The first-order chi connectivity index (χ1) is 12.2. The Bertz CT molecular complexity index is 653. The van der Waals surface area contributed by atoms with Gasteiger partial charge in [0.25, 0.3) is 0 Å². The molecule has 3 rings (SSSR count). The van der Waals surface area contributed by atoms with E-state index in [1.165, 1.54) is 0 Å². The van der Waals surface area contributed by atoms with E-state index in [1.54, 1.807) is 6.26 Å². The molecule has 7 nitrogen and oxygen atoms in total. The molecule has 25 heavy (non-hydrogen) atoms. The van der Waals surface area contributed by atoms with Gasteiger partial charge in [-0.3, -0.25) is 0 Å². The summed E-state index contributed by atoms with van der Waals surface area (Å²) in [5.41, 5.74) is 1.93. The number of aryl methyl sites for hydroxylation is 2. The summed E-state index contributed by atoms with van der Waals surface area (Å²) in [6, 6.07) is 3.88. The molecule has 0 aromatic carbocycles. The van der Waals surface area contributed by atoms with Crippen LogP contribution in [0.5, 0.6) is 0 Å². The summed E-state index contributed by atoms with van der Waals surface area (Å²) in [4.78, 5) is 4.69. The van der Waals surface area contributed by atoms with Gasteiger partial charge in [0.05, 0.1) is 25.1 Å². The minimum atomic E-state index is 0.538. The van der Waals surface area contributed by atoms with E-state index in [1.807, 2.05) is 26.0 Å². The molecular weight excluding hydrogens is 320 g/mol. The summed E-state index contributed by atoms with van der Waals surface area (Å²) in [5, 5.41) is 10.8. The molecule has 1 aliphatic rings. The number of aliphatic imine (C=N–C) groups is 1. The van der Waals surface area contributed by atoms with E-state index in [9.17, 15) is 0 Å². The molecule has 1 aliphatic heterocycles. The lowest BCUT2D eigenvalue weighted by molar-refractivity contribution is 0.186. The third-order valence-electron chi connectivity index (χ3n) is 4.40. The number of hydrogen-bond donors (Lipinski definition) is 2. The standard InChI is InChI=1S/C18H26N4O3/c1-13-17(14(2)25-22-13)11-21-18(20-10-15-6-9-23-12-15)19-7-5-16-4-3-8-24-16/h3-4,8,15H,5-7,9-12H2,1-2H3,(H2,19,20,21). The summed E-state index contributed by atoms with van der Waals surface area (Å²) in [7, 11) is 0. The van der Waals surface area contributed by atoms with Crippen LogP contribution >= 0.6 is 0 Å². The SMILES string of the molecule is Cc1noc(C)c1CN=C(NCCc1ccco1)NCC1CCOC1. The van der Waals surface area contributed by atoms with E-state index in [2.05, 4.69) is 15.8 Å². The smallest absolute Gasteiger partial charge is 0.191 e. The van der Waals surface area contributed by atoms with Crippen molar-refractivity contribution >= 4 is 5.96 Å². The molecule has 1 saturated heterocycles. The summed E-state index contributed by atoms with van der Waals surface area (Å²) in [6.45, 7) is 7.67. The molecule has 0 radical (unpaired) electrons. The van der Waals surface area contributed by atoms with Gasteiger partial charge in [0.15, 0.2) is 5.96 Å². The normalized spacial score (nSPS) is 17.8. The number of hydrogen-bond acceptors (Lipinski definition) is 5. The molecule has 0 saturated carbocycles. The quantitative estimate of drug-likeness (QED) is 0.591. The number of furan rings is 1. The Kier molecular flexibility index (Phi) is 6.11. The van der Waals surface area contributed by atoms with Crippen molar-refractivity contribution in [2.45, 2.75) is 33.2 Å². The molecule has 1 fully saturated rings. The zero-order valence-electron chi connectivity index (χ0n) is 14.9. The molecule has 7 heteroatoms. The summed E-state index contributed by atoms with van der Waals surface area (Å²) in [6.07, 6.45) is 3.60. The van der Waals surface area contributed by atoms with Crippen molar-refractivity contribution in [1.29, 1.82) is 0 Å². The van der Waals surface area contributed by atoms with Crippen LogP contribution in [0.2, 0.25) is 0 Å². The summed E-state index contributed by atoms with van der Waals surface area (Å²) >= 11 is 0. The maximum Gasteiger partial charge on any atom is 0.191 e. The van der Waals surface area contributed by atoms with Gasteiger partial charge in [-0.15, -0.1) is 0 Å². The van der Waals surface area contributed by atoms with Crippen LogP contribution in [0.4, 0.5) is 0 Å². The lowest BCUT2D eigenvalue weighted by Gasteiger charge is -2.15. The van der Waals surface area contributed by atoms with Crippen molar-refractivity contribution in [3.63, 3.8) is 0 Å². The minimum Gasteiger partial charge on any atom is -0.469 e. The Hall–Kier alpha value is -2.28. The highest BCUT2D eigenvalue weighted by Gasteiger charge is 2.16. The van der Waals surface area contributed by atoms with Crippen LogP contribution in [0.15, 0.2) is 32.3 Å². The minimum absolute atomic E-state index is 0.538. The maximum absolute atomic E-state index is 5.44. The molecule has 0 spiro atoms. The third-order valence-corrected chi connectivity index (χ3v) is 4.40. The van der Waals surface area contributed by atoms with E-state index in [-0.39, 0.29) is 0 Å². The van der Waals surface area contributed by atoms with Crippen LogP contribution in [0, 0.1) is 19.8 Å². The largest absolute Gasteiger partial charge is 0.469 e. The summed E-state index contributed by atoms with van der Waals surface area (Å²) in [5.74, 6) is 3.11. The first-order valence-corrected chi connectivity index (χ1v) is 8.76. The first kappa shape index (κ1) is 17.5. The van der Waals surface area contributed by atoms with Gasteiger partial charge in [-0.1, -0.05) is 5.16 Å². The fourth-order valence-electron chi connectivity index (χ4n) is 2.80. The number of aromatic nitrogens is 1. The molecule has 2 aromatic rings. The molecule has 0 aliphatic carbocycles. The van der Waals surface area contributed by atoms with Gasteiger partial charge in [-0.05, 0) is 32.4 Å². The van der Waals surface area contributed by atoms with Crippen LogP contribution < -0.4 is 10.6 Å². The maximum atomic E-state index is 5.44. The Labute approximate surface area is 147 Å². The molecule has 3 heterocycles. The second kappa shape index (κ2) is 8.71. The summed E-state index contributed by atoms with van der Waals surface area (Å²) < 4.78 is 16.0. The Morgan fingerprint density at radius 3 is 2.96 bits per heavy atom. The molecule has 0 bridgehead atoms. The topological polar surface area (TPSA) is 84.8 Å². The fourth-order valence-corrected chi connectivity index (χ4v) is 2.80. The molecule has 2 N–H and O–H groups in total. The molecule has 1 atom stereocenters. The van der Waals surface area contributed by atoms with Crippen molar-refractivity contribution in [3.8, 4) is 0 Å². The van der Waals surface area contributed by atoms with Gasteiger partial charge in [-0.25, -0.2) is 4.99 Å². The van der Waals surface area contributed by atoms with Crippen LogP contribution in [0.1, 0.15) is 29.2 Å². The number of ether oxygens (including phenoxy) is 1. The van der Waals surface area contributed by atoms with Crippen molar-refractivity contribution < 1.29 is 13.7 Å². The second-order valence-corrected chi connectivity index (χ2v) is 6.33. The van der Waals surface area contributed by atoms with E-state index >= 15 is 0 Å². The number of rotatable bonds is 7. The van der Waals surface area contributed by atoms with Gasteiger partial charge >= 0.3 is 0 Å². The van der Waals surface area contributed by atoms with Crippen LogP contribution in [-0.4, -0.2) is 37.4 Å².